The van der Waals surface area contributed by atoms with Gasteiger partial charge < -0.3 is 35.6 Å². The standard InChI is InChI=1S/C44H54F2N8O5/c1-23(2)37(42(56)49-22-34(45)46)52-41(55)36-30-17-16-29(19-30)35(36)40-48-21-32(51-40)28-14-10-26(11-15-28)25-8-12-27(13-9-25)31-20-47-39(50-31)33-7-6-18-54(33)43(57)38(24(3)4)53-44(58)59-5/h8-15,20-21,23-24,29-30,33-38H,6-7,16-19,22H2,1-5H3,(H,47,50)(H,48,51)(H,49,56)(H,52,55)(H,53,58)/t29?,30?,33-,35+,36+,37+,38-/m0/s1. The summed E-state index contributed by atoms with van der Waals surface area (Å²) in [4.78, 5) is 70.2. The molecule has 1 aliphatic heterocycles. The third-order valence-corrected chi connectivity index (χ3v) is 12.4. The molecule has 7 atom stereocenters. The average Bonchev–Trinajstić information content (AvgIpc) is 4.09. The second-order valence-corrected chi connectivity index (χ2v) is 16.8. The molecule has 59 heavy (non-hydrogen) atoms. The number of aromatic amines is 2. The number of methoxy groups -OCH3 is 1. The number of alkyl carbamates (subject to hydrolysis) is 1. The normalized spacial score (nSPS) is 22.2. The number of hydrogen-bond donors (Lipinski definition) is 5. The van der Waals surface area contributed by atoms with Crippen LogP contribution in [0.4, 0.5) is 13.6 Å². The molecule has 4 aromatic rings. The van der Waals surface area contributed by atoms with Crippen molar-refractivity contribution in [2.45, 2.75) is 90.3 Å². The van der Waals surface area contributed by atoms with Crippen LogP contribution in [-0.2, 0) is 19.1 Å². The molecule has 2 aromatic heterocycles. The van der Waals surface area contributed by atoms with Crippen molar-refractivity contribution in [3.8, 4) is 33.6 Å². The molecule has 2 aliphatic carbocycles. The maximum absolute atomic E-state index is 13.8. The molecule has 2 aromatic carbocycles. The summed E-state index contributed by atoms with van der Waals surface area (Å²) < 4.78 is 30.3. The number of ether oxygens (including phenoxy) is 1. The lowest BCUT2D eigenvalue weighted by Crippen LogP contribution is -2.53. The van der Waals surface area contributed by atoms with E-state index < -0.39 is 37.1 Å². The lowest BCUT2D eigenvalue weighted by Gasteiger charge is -2.31. The molecule has 314 valence electrons. The summed E-state index contributed by atoms with van der Waals surface area (Å²) in [5.74, 6) is 0.0580. The fraction of sp³-hybridized carbons (Fsp3) is 0.500. The van der Waals surface area contributed by atoms with E-state index in [-0.39, 0.29) is 47.4 Å². The van der Waals surface area contributed by atoms with Gasteiger partial charge in [-0.1, -0.05) is 76.2 Å². The summed E-state index contributed by atoms with van der Waals surface area (Å²) in [5.41, 5.74) is 5.66. The molecular weight excluding hydrogens is 759 g/mol. The van der Waals surface area contributed by atoms with E-state index in [1.54, 1.807) is 31.1 Å². The summed E-state index contributed by atoms with van der Waals surface area (Å²) >= 11 is 0. The molecular formula is C44H54F2N8O5. The maximum Gasteiger partial charge on any atom is 0.407 e. The third-order valence-electron chi connectivity index (χ3n) is 12.4. The second kappa shape index (κ2) is 17.7. The lowest BCUT2D eigenvalue weighted by molar-refractivity contribution is -0.135. The summed E-state index contributed by atoms with van der Waals surface area (Å²) in [6, 6.07) is 14.6. The van der Waals surface area contributed by atoms with Gasteiger partial charge in [0.15, 0.2) is 0 Å². The van der Waals surface area contributed by atoms with Crippen molar-refractivity contribution in [3.05, 3.63) is 72.6 Å². The minimum absolute atomic E-state index is 0.116. The zero-order valence-electron chi connectivity index (χ0n) is 34.1. The van der Waals surface area contributed by atoms with E-state index in [1.165, 1.54) is 7.11 Å². The SMILES string of the molecule is COC(=O)N[C@H](C(=O)N1CCC[C@H]1c1ncc(-c2ccc(-c3ccc(-c4cnc([C@@H]5C6CCC(C6)[C@H]5C(=O)N[C@@H](C(=O)NCC(F)F)C(C)C)[nH]4)cc3)cc2)[nH]1)C(C)C. The molecule has 15 heteroatoms. The zero-order chi connectivity index (χ0) is 42.0. The van der Waals surface area contributed by atoms with Crippen LogP contribution in [0.15, 0.2) is 60.9 Å². The van der Waals surface area contributed by atoms with Crippen molar-refractivity contribution in [2.75, 3.05) is 20.2 Å². The number of H-pyrrole nitrogens is 2. The highest BCUT2D eigenvalue weighted by molar-refractivity contribution is 5.89. The van der Waals surface area contributed by atoms with Gasteiger partial charge in [0.05, 0.1) is 49.4 Å². The summed E-state index contributed by atoms with van der Waals surface area (Å²) in [6.45, 7) is 7.19. The number of fused-ring (bicyclic) bond motifs is 2. The van der Waals surface area contributed by atoms with Crippen LogP contribution in [0.5, 0.6) is 0 Å². The monoisotopic (exact) mass is 812 g/mol. The molecule has 2 unspecified atom stereocenters. The largest absolute Gasteiger partial charge is 0.453 e. The van der Waals surface area contributed by atoms with Crippen molar-refractivity contribution < 1.29 is 32.7 Å². The minimum Gasteiger partial charge on any atom is -0.453 e. The summed E-state index contributed by atoms with van der Waals surface area (Å²) in [5, 5.41) is 7.85. The number of amides is 4. The van der Waals surface area contributed by atoms with Crippen LogP contribution in [0.2, 0.25) is 0 Å². The van der Waals surface area contributed by atoms with Crippen LogP contribution in [-0.4, -0.2) is 87.4 Å². The van der Waals surface area contributed by atoms with Gasteiger partial charge in [0.1, 0.15) is 23.7 Å². The number of carbonyl (C=O) groups excluding carboxylic acids is 4. The molecule has 3 fully saturated rings. The molecule has 3 aliphatic rings. The molecule has 0 radical (unpaired) electrons. The van der Waals surface area contributed by atoms with Crippen LogP contribution in [0.1, 0.15) is 83.4 Å². The number of benzene rings is 2. The Morgan fingerprint density at radius 2 is 1.34 bits per heavy atom. The highest BCUT2D eigenvalue weighted by Crippen LogP contribution is 2.56. The predicted molar refractivity (Wildman–Crippen MR) is 218 cm³/mol. The van der Waals surface area contributed by atoms with Crippen LogP contribution in [0, 0.1) is 29.6 Å². The number of carbonyl (C=O) groups is 4. The predicted octanol–water partition coefficient (Wildman–Crippen LogP) is 6.83. The Kier molecular flexibility index (Phi) is 12.5. The molecule has 3 heterocycles. The Morgan fingerprint density at radius 1 is 0.780 bits per heavy atom. The highest BCUT2D eigenvalue weighted by Gasteiger charge is 2.53. The fourth-order valence-corrected chi connectivity index (χ4v) is 9.32. The van der Waals surface area contributed by atoms with Gasteiger partial charge in [0.2, 0.25) is 17.7 Å². The van der Waals surface area contributed by atoms with Crippen molar-refractivity contribution in [3.63, 3.8) is 0 Å². The number of halogens is 2. The topological polar surface area (TPSA) is 174 Å². The Hall–Kier alpha value is -5.60. The smallest absolute Gasteiger partial charge is 0.407 e. The minimum atomic E-state index is -2.67. The van der Waals surface area contributed by atoms with Gasteiger partial charge in [0, 0.05) is 12.5 Å². The van der Waals surface area contributed by atoms with E-state index in [0.717, 1.165) is 71.6 Å². The van der Waals surface area contributed by atoms with Gasteiger partial charge in [-0.05, 0) is 78.0 Å². The number of nitrogens with one attached hydrogen (secondary N) is 5. The Labute approximate surface area is 342 Å². The first kappa shape index (κ1) is 41.6. The molecule has 7 rings (SSSR count). The average molecular weight is 813 g/mol. The number of alkyl halides is 2. The third kappa shape index (κ3) is 8.88. The van der Waals surface area contributed by atoms with Gasteiger partial charge in [-0.3, -0.25) is 14.4 Å². The number of imidazole rings is 2. The quantitative estimate of drug-likeness (QED) is 0.0928. The number of rotatable bonds is 14. The molecule has 2 bridgehead atoms. The number of hydrogen-bond acceptors (Lipinski definition) is 7. The molecule has 5 N–H and O–H groups in total. The van der Waals surface area contributed by atoms with E-state index in [4.69, 9.17) is 9.72 Å². The molecule has 1 saturated heterocycles. The van der Waals surface area contributed by atoms with Crippen molar-refractivity contribution >= 4 is 23.8 Å². The molecule has 0 spiro atoms. The Bertz CT molecular complexity index is 2120. The maximum atomic E-state index is 13.8. The van der Waals surface area contributed by atoms with Crippen molar-refractivity contribution in [2.24, 2.45) is 29.6 Å². The van der Waals surface area contributed by atoms with Gasteiger partial charge >= 0.3 is 6.09 Å². The van der Waals surface area contributed by atoms with E-state index >= 15 is 0 Å². The van der Waals surface area contributed by atoms with Gasteiger partial charge in [0.25, 0.3) is 6.43 Å². The molecule has 2 saturated carbocycles. The van der Waals surface area contributed by atoms with E-state index in [1.807, 2.05) is 38.1 Å². The summed E-state index contributed by atoms with van der Waals surface area (Å²) in [6.07, 6.45) is 4.74. The van der Waals surface area contributed by atoms with Crippen LogP contribution >= 0.6 is 0 Å². The van der Waals surface area contributed by atoms with Crippen LogP contribution in [0.3, 0.4) is 0 Å². The highest BCUT2D eigenvalue weighted by atomic mass is 19.3. The Balaban J connectivity index is 1.00. The number of likely N-dealkylation sites (tertiary alicyclic amines) is 1. The first-order valence-electron chi connectivity index (χ1n) is 20.6. The van der Waals surface area contributed by atoms with Crippen LogP contribution < -0.4 is 16.0 Å². The number of nitrogens with zero attached hydrogens (tertiary/aromatic N) is 3. The van der Waals surface area contributed by atoms with Gasteiger partial charge in [-0.15, -0.1) is 0 Å². The van der Waals surface area contributed by atoms with E-state index in [9.17, 15) is 28.0 Å². The fourth-order valence-electron chi connectivity index (χ4n) is 9.32. The van der Waals surface area contributed by atoms with E-state index in [0.29, 0.717) is 18.3 Å². The molecule has 4 amide bonds. The van der Waals surface area contributed by atoms with Crippen molar-refractivity contribution in [1.29, 1.82) is 0 Å². The first-order valence-corrected chi connectivity index (χ1v) is 20.6. The van der Waals surface area contributed by atoms with Crippen LogP contribution in [0.25, 0.3) is 33.6 Å². The van der Waals surface area contributed by atoms with E-state index in [2.05, 4.69) is 55.2 Å². The van der Waals surface area contributed by atoms with Gasteiger partial charge in [-0.2, -0.15) is 0 Å². The zero-order valence-corrected chi connectivity index (χ0v) is 34.1. The Morgan fingerprint density at radius 3 is 1.92 bits per heavy atom. The van der Waals surface area contributed by atoms with Gasteiger partial charge in [-0.25, -0.2) is 23.5 Å². The molecule has 13 nitrogen and oxygen atoms in total. The number of aromatic nitrogens is 4. The summed E-state index contributed by atoms with van der Waals surface area (Å²) in [7, 11) is 1.28. The van der Waals surface area contributed by atoms with Crippen molar-refractivity contribution in [1.82, 2.24) is 40.8 Å². The lowest BCUT2D eigenvalue weighted by atomic mass is 9.78. The first-order chi connectivity index (χ1) is 28.3. The second-order valence-electron chi connectivity index (χ2n) is 16.8.